The summed E-state index contributed by atoms with van der Waals surface area (Å²) in [5.74, 6) is -0.836. The summed E-state index contributed by atoms with van der Waals surface area (Å²) in [5, 5.41) is 0. The average Bonchev–Trinajstić information content (AvgIpc) is 3.61. The Morgan fingerprint density at radius 3 is 0.952 bits per heavy atom. The molecule has 0 saturated carbocycles. The predicted octanol–water partition coefficient (Wildman–Crippen LogP) is 21.9. The number of quaternary nitrogens is 1. The SMILES string of the molecule is CC/C=C\C/C=C\C/C=C\C/C=C\C/C=C\CCCCCCCCCCCCCCCCCCCCCCCCCC(=O)OC(COC(=O)CCCCCCCCCC/C=C\C/C=C\C/C=C\C/C=C\CC)COP(=O)([O-])OCC[N+](C)(C)C. The number of unbranched alkanes of at least 4 members (excludes halogenated alkanes) is 31. The number of hydrogen-bond donors (Lipinski definition) is 0. The van der Waals surface area contributed by atoms with Crippen LogP contribution in [0.15, 0.2) is 109 Å². The molecule has 0 aromatic carbocycles. The average molecular weight is 1190 g/mol. The Balaban J connectivity index is 3.97. The second kappa shape index (κ2) is 64.2. The van der Waals surface area contributed by atoms with Crippen molar-refractivity contribution in [2.75, 3.05) is 47.5 Å². The van der Waals surface area contributed by atoms with Gasteiger partial charge in [-0.2, -0.15) is 0 Å². The summed E-state index contributed by atoms with van der Waals surface area (Å²) < 4.78 is 34.3. The lowest BCUT2D eigenvalue weighted by molar-refractivity contribution is -0.870. The summed E-state index contributed by atoms with van der Waals surface area (Å²) in [5.41, 5.74) is 0. The third kappa shape index (κ3) is 67.8. The molecule has 0 saturated heterocycles. The van der Waals surface area contributed by atoms with Gasteiger partial charge in [-0.1, -0.05) is 297 Å². The fraction of sp³-hybridized carbons (Fsp3) is 0.730. The van der Waals surface area contributed by atoms with Gasteiger partial charge in [-0.05, 0) is 96.3 Å². The van der Waals surface area contributed by atoms with Crippen LogP contribution in [0.3, 0.4) is 0 Å². The summed E-state index contributed by atoms with van der Waals surface area (Å²) in [6.07, 6.45) is 90.3. The summed E-state index contributed by atoms with van der Waals surface area (Å²) in [6, 6.07) is 0. The Morgan fingerprint density at radius 2 is 0.643 bits per heavy atom. The lowest BCUT2D eigenvalue weighted by Gasteiger charge is -2.28. The molecule has 0 heterocycles. The highest BCUT2D eigenvalue weighted by molar-refractivity contribution is 7.45. The third-order valence-corrected chi connectivity index (χ3v) is 15.8. The second-order valence-corrected chi connectivity index (χ2v) is 25.5. The van der Waals surface area contributed by atoms with E-state index in [-0.39, 0.29) is 32.0 Å². The zero-order valence-corrected chi connectivity index (χ0v) is 56.0. The molecular formula is C74H130NO8P. The molecule has 9 nitrogen and oxygen atoms in total. The molecule has 0 aromatic rings. The Bertz CT molecular complexity index is 1790. The van der Waals surface area contributed by atoms with E-state index >= 15 is 0 Å². The molecule has 84 heavy (non-hydrogen) atoms. The van der Waals surface area contributed by atoms with Crippen LogP contribution in [0.2, 0.25) is 0 Å². The molecule has 0 amide bonds. The normalized spacial score (nSPS) is 13.8. The number of rotatable bonds is 63. The monoisotopic (exact) mass is 1190 g/mol. The lowest BCUT2D eigenvalue weighted by atomic mass is 10.0. The van der Waals surface area contributed by atoms with Gasteiger partial charge in [0.2, 0.25) is 0 Å². The van der Waals surface area contributed by atoms with Gasteiger partial charge in [0, 0.05) is 12.8 Å². The van der Waals surface area contributed by atoms with E-state index in [1.807, 2.05) is 21.1 Å². The van der Waals surface area contributed by atoms with E-state index in [0.717, 1.165) is 109 Å². The second-order valence-electron chi connectivity index (χ2n) is 24.1. The van der Waals surface area contributed by atoms with Crippen LogP contribution in [0.25, 0.3) is 0 Å². The summed E-state index contributed by atoms with van der Waals surface area (Å²) in [6.45, 7) is 4.03. The number of ether oxygens (including phenoxy) is 2. The molecule has 0 N–H and O–H groups in total. The highest BCUT2D eigenvalue weighted by Gasteiger charge is 2.22. The summed E-state index contributed by atoms with van der Waals surface area (Å²) in [4.78, 5) is 38.0. The van der Waals surface area contributed by atoms with E-state index < -0.39 is 26.5 Å². The fourth-order valence-electron chi connectivity index (χ4n) is 9.56. The largest absolute Gasteiger partial charge is 0.756 e. The van der Waals surface area contributed by atoms with Crippen molar-refractivity contribution in [2.24, 2.45) is 0 Å². The Hall–Kier alpha value is -3.33. The van der Waals surface area contributed by atoms with Crippen molar-refractivity contribution in [3.8, 4) is 0 Å². The first-order valence-corrected chi connectivity index (χ1v) is 36.1. The van der Waals surface area contributed by atoms with Crippen LogP contribution >= 0.6 is 7.82 Å². The smallest absolute Gasteiger partial charge is 0.306 e. The van der Waals surface area contributed by atoms with Gasteiger partial charge in [0.05, 0.1) is 27.7 Å². The topological polar surface area (TPSA) is 111 Å². The van der Waals surface area contributed by atoms with E-state index in [0.29, 0.717) is 17.4 Å². The van der Waals surface area contributed by atoms with Gasteiger partial charge in [-0.25, -0.2) is 0 Å². The van der Waals surface area contributed by atoms with Gasteiger partial charge < -0.3 is 27.9 Å². The van der Waals surface area contributed by atoms with Crippen LogP contribution in [0.5, 0.6) is 0 Å². The van der Waals surface area contributed by atoms with Crippen LogP contribution in [0.1, 0.15) is 296 Å². The van der Waals surface area contributed by atoms with Gasteiger partial charge in [0.25, 0.3) is 7.82 Å². The number of allylic oxidation sites excluding steroid dienone is 18. The van der Waals surface area contributed by atoms with Crippen LogP contribution in [-0.4, -0.2) is 70.0 Å². The Morgan fingerprint density at radius 1 is 0.369 bits per heavy atom. The Labute approximate surface area is 518 Å². The molecule has 0 rings (SSSR count). The minimum Gasteiger partial charge on any atom is -0.756 e. The first kappa shape index (κ1) is 80.7. The van der Waals surface area contributed by atoms with E-state index in [2.05, 4.69) is 123 Å². The van der Waals surface area contributed by atoms with Crippen molar-refractivity contribution in [2.45, 2.75) is 302 Å². The van der Waals surface area contributed by atoms with Crippen molar-refractivity contribution >= 4 is 19.8 Å². The summed E-state index contributed by atoms with van der Waals surface area (Å²) in [7, 11) is 1.16. The fourth-order valence-corrected chi connectivity index (χ4v) is 10.3. The quantitative estimate of drug-likeness (QED) is 0.0195. The molecule has 0 radical (unpaired) electrons. The van der Waals surface area contributed by atoms with Crippen molar-refractivity contribution < 1.29 is 42.1 Å². The molecule has 0 aliphatic carbocycles. The van der Waals surface area contributed by atoms with Crippen LogP contribution in [0.4, 0.5) is 0 Å². The number of carbonyl (C=O) groups is 2. The lowest BCUT2D eigenvalue weighted by Crippen LogP contribution is -2.37. The Kier molecular flexibility index (Phi) is 61.6. The van der Waals surface area contributed by atoms with Gasteiger partial charge >= 0.3 is 11.9 Å². The minimum absolute atomic E-state index is 0.0347. The van der Waals surface area contributed by atoms with E-state index in [1.54, 1.807) is 0 Å². The summed E-state index contributed by atoms with van der Waals surface area (Å²) >= 11 is 0. The van der Waals surface area contributed by atoms with Gasteiger partial charge in [-0.15, -0.1) is 0 Å². The first-order chi connectivity index (χ1) is 41.0. The van der Waals surface area contributed by atoms with Crippen molar-refractivity contribution in [3.63, 3.8) is 0 Å². The highest BCUT2D eigenvalue weighted by Crippen LogP contribution is 2.38. The molecular weight excluding hydrogens is 1060 g/mol. The molecule has 0 aromatic heterocycles. The predicted molar refractivity (Wildman–Crippen MR) is 360 cm³/mol. The van der Waals surface area contributed by atoms with Gasteiger partial charge in [-0.3, -0.25) is 14.2 Å². The molecule has 0 aliphatic rings. The van der Waals surface area contributed by atoms with E-state index in [4.69, 9.17) is 18.5 Å². The molecule has 0 aliphatic heterocycles. The zero-order chi connectivity index (χ0) is 61.2. The van der Waals surface area contributed by atoms with Crippen LogP contribution in [-0.2, 0) is 32.7 Å². The molecule has 484 valence electrons. The number of carbonyl (C=O) groups excluding carboxylic acids is 2. The standard InChI is InChI=1S/C74H130NO8P/c1-6-8-10-12-14-16-18-20-22-24-26-28-29-30-31-32-33-34-35-36-37-38-39-40-41-42-43-44-45-47-49-51-53-55-57-59-61-63-65-67-74(77)83-72(71-82-84(78,79)81-69-68-75(3,4)5)70-80-73(76)66-64-62-60-58-56-54-52-50-48-46-27-25-23-21-19-17-15-13-11-9-7-2/h8-11,14-17,20-23,26-28,30-31,46,72H,6-7,12-13,18-19,24-25,29,32-45,47-71H2,1-5H3/b10-8-,11-9-,16-14-,17-15-,22-20-,23-21-,28-26-,31-30-,46-27-. The van der Waals surface area contributed by atoms with Crippen LogP contribution in [0, 0.1) is 0 Å². The molecule has 2 atom stereocenters. The molecule has 0 fully saturated rings. The molecule has 0 spiro atoms. The number of hydrogen-bond acceptors (Lipinski definition) is 8. The van der Waals surface area contributed by atoms with Gasteiger partial charge in [0.1, 0.15) is 19.8 Å². The van der Waals surface area contributed by atoms with Crippen LogP contribution < -0.4 is 4.89 Å². The maximum atomic E-state index is 12.9. The molecule has 0 bridgehead atoms. The van der Waals surface area contributed by atoms with Crippen molar-refractivity contribution in [3.05, 3.63) is 109 Å². The van der Waals surface area contributed by atoms with Crippen molar-refractivity contribution in [1.82, 2.24) is 0 Å². The highest BCUT2D eigenvalue weighted by atomic mass is 31.2. The number of phosphoric acid groups is 1. The number of likely N-dealkylation sites (N-methyl/N-ethyl adjacent to an activating group) is 1. The maximum absolute atomic E-state index is 12.9. The third-order valence-electron chi connectivity index (χ3n) is 14.8. The van der Waals surface area contributed by atoms with Gasteiger partial charge in [0.15, 0.2) is 6.10 Å². The number of esters is 2. The van der Waals surface area contributed by atoms with E-state index in [1.165, 1.54) is 154 Å². The number of nitrogens with zero attached hydrogens (tertiary/aromatic N) is 1. The van der Waals surface area contributed by atoms with Crippen molar-refractivity contribution in [1.29, 1.82) is 0 Å². The maximum Gasteiger partial charge on any atom is 0.306 e. The number of phosphoric ester groups is 1. The first-order valence-electron chi connectivity index (χ1n) is 34.6. The minimum atomic E-state index is -4.65. The molecule has 2 unspecified atom stereocenters. The van der Waals surface area contributed by atoms with E-state index in [9.17, 15) is 19.0 Å². The molecule has 10 heteroatoms. The zero-order valence-electron chi connectivity index (χ0n) is 55.1.